The first-order valence-corrected chi connectivity index (χ1v) is 7.21. The Morgan fingerprint density at radius 1 is 1.48 bits per heavy atom. The van der Waals surface area contributed by atoms with Crippen LogP contribution in [0.5, 0.6) is 0 Å². The average molecular weight is 313 g/mol. The Kier molecular flexibility index (Phi) is 6.65. The number of hydrogen-bond acceptors (Lipinski definition) is 3. The molecule has 0 saturated carbocycles. The SMILES string of the molecule is Cc1ccccc1C1CN(C(=O)CC(C)N)C(C)CO1.Cl. The van der Waals surface area contributed by atoms with Gasteiger partial charge in [0.25, 0.3) is 0 Å². The number of carbonyl (C=O) groups excluding carboxylic acids is 1. The molecule has 1 aliphatic rings. The Hall–Kier alpha value is -1.10. The van der Waals surface area contributed by atoms with Gasteiger partial charge in [0.2, 0.25) is 5.91 Å². The van der Waals surface area contributed by atoms with Gasteiger partial charge in [0, 0.05) is 12.5 Å². The van der Waals surface area contributed by atoms with Gasteiger partial charge in [-0.2, -0.15) is 0 Å². The van der Waals surface area contributed by atoms with Crippen LogP contribution in [0, 0.1) is 6.92 Å². The summed E-state index contributed by atoms with van der Waals surface area (Å²) < 4.78 is 5.92. The van der Waals surface area contributed by atoms with Gasteiger partial charge < -0.3 is 15.4 Å². The smallest absolute Gasteiger partial charge is 0.224 e. The quantitative estimate of drug-likeness (QED) is 0.932. The van der Waals surface area contributed by atoms with Crippen molar-refractivity contribution in [3.05, 3.63) is 35.4 Å². The van der Waals surface area contributed by atoms with Crippen LogP contribution >= 0.6 is 12.4 Å². The monoisotopic (exact) mass is 312 g/mol. The minimum Gasteiger partial charge on any atom is -0.370 e. The maximum absolute atomic E-state index is 12.3. The predicted molar refractivity (Wildman–Crippen MR) is 86.6 cm³/mol. The van der Waals surface area contributed by atoms with E-state index in [-0.39, 0.29) is 36.5 Å². The van der Waals surface area contributed by atoms with Crippen molar-refractivity contribution in [1.29, 1.82) is 0 Å². The molecule has 1 aromatic carbocycles. The van der Waals surface area contributed by atoms with Gasteiger partial charge in [-0.15, -0.1) is 12.4 Å². The van der Waals surface area contributed by atoms with Gasteiger partial charge in [-0.25, -0.2) is 0 Å². The average Bonchev–Trinajstić information content (AvgIpc) is 2.39. The van der Waals surface area contributed by atoms with Crippen LogP contribution in [0.25, 0.3) is 0 Å². The fourth-order valence-corrected chi connectivity index (χ4v) is 2.63. The van der Waals surface area contributed by atoms with Gasteiger partial charge in [-0.05, 0) is 31.9 Å². The third-order valence-electron chi connectivity index (χ3n) is 3.79. The number of amides is 1. The fraction of sp³-hybridized carbons (Fsp3) is 0.562. The molecule has 0 bridgehead atoms. The van der Waals surface area contributed by atoms with Gasteiger partial charge in [0.05, 0.1) is 19.2 Å². The molecule has 118 valence electrons. The Labute approximate surface area is 133 Å². The molecule has 5 heteroatoms. The van der Waals surface area contributed by atoms with Crippen molar-refractivity contribution in [3.8, 4) is 0 Å². The van der Waals surface area contributed by atoms with Crippen molar-refractivity contribution in [3.63, 3.8) is 0 Å². The maximum atomic E-state index is 12.3. The zero-order chi connectivity index (χ0) is 14.7. The third-order valence-corrected chi connectivity index (χ3v) is 3.79. The maximum Gasteiger partial charge on any atom is 0.224 e. The van der Waals surface area contributed by atoms with Gasteiger partial charge in [0.15, 0.2) is 0 Å². The molecule has 1 saturated heterocycles. The number of carbonyl (C=O) groups is 1. The molecule has 0 aromatic heterocycles. The molecule has 2 rings (SSSR count). The summed E-state index contributed by atoms with van der Waals surface area (Å²) in [6, 6.07) is 8.19. The number of morpholine rings is 1. The molecule has 1 fully saturated rings. The first kappa shape index (κ1) is 18.0. The van der Waals surface area contributed by atoms with Crippen molar-refractivity contribution < 1.29 is 9.53 Å². The number of halogens is 1. The minimum absolute atomic E-state index is 0. The third kappa shape index (κ3) is 4.43. The second-order valence-corrected chi connectivity index (χ2v) is 5.76. The lowest BCUT2D eigenvalue weighted by molar-refractivity contribution is -0.144. The van der Waals surface area contributed by atoms with E-state index in [0.717, 1.165) is 5.56 Å². The first-order valence-electron chi connectivity index (χ1n) is 7.21. The lowest BCUT2D eigenvalue weighted by Crippen LogP contribution is -2.49. The Bertz CT molecular complexity index is 479. The molecular formula is C16H25ClN2O2. The van der Waals surface area contributed by atoms with E-state index in [2.05, 4.69) is 19.1 Å². The number of aryl methyl sites for hydroxylation is 1. The number of benzene rings is 1. The van der Waals surface area contributed by atoms with Crippen LogP contribution in [0.4, 0.5) is 0 Å². The molecule has 0 aliphatic carbocycles. The van der Waals surface area contributed by atoms with Crippen molar-refractivity contribution in [1.82, 2.24) is 4.90 Å². The summed E-state index contributed by atoms with van der Waals surface area (Å²) in [7, 11) is 0. The van der Waals surface area contributed by atoms with E-state index in [1.54, 1.807) is 0 Å². The van der Waals surface area contributed by atoms with Crippen LogP contribution in [-0.2, 0) is 9.53 Å². The zero-order valence-corrected chi connectivity index (χ0v) is 13.7. The summed E-state index contributed by atoms with van der Waals surface area (Å²) in [6.07, 6.45) is 0.356. The summed E-state index contributed by atoms with van der Waals surface area (Å²) in [5, 5.41) is 0. The highest BCUT2D eigenvalue weighted by Gasteiger charge is 2.31. The van der Waals surface area contributed by atoms with Gasteiger partial charge in [0.1, 0.15) is 6.10 Å². The molecule has 1 aromatic rings. The molecule has 1 heterocycles. The molecule has 1 amide bonds. The number of ether oxygens (including phenoxy) is 1. The van der Waals surface area contributed by atoms with Crippen molar-refractivity contribution in [2.75, 3.05) is 13.2 Å². The van der Waals surface area contributed by atoms with Crippen LogP contribution < -0.4 is 5.73 Å². The summed E-state index contributed by atoms with van der Waals surface area (Å²) in [5.74, 6) is 0.120. The van der Waals surface area contributed by atoms with E-state index in [4.69, 9.17) is 10.5 Å². The largest absolute Gasteiger partial charge is 0.370 e. The fourth-order valence-electron chi connectivity index (χ4n) is 2.63. The predicted octanol–water partition coefficient (Wildman–Crippen LogP) is 2.44. The topological polar surface area (TPSA) is 55.6 Å². The lowest BCUT2D eigenvalue weighted by Gasteiger charge is -2.39. The normalized spacial score (nSPS) is 23.3. The van der Waals surface area contributed by atoms with Crippen molar-refractivity contribution in [2.45, 2.75) is 45.4 Å². The first-order chi connectivity index (χ1) is 9.49. The van der Waals surface area contributed by atoms with E-state index >= 15 is 0 Å². The van der Waals surface area contributed by atoms with Crippen LogP contribution in [0.3, 0.4) is 0 Å². The summed E-state index contributed by atoms with van der Waals surface area (Å²) in [6.45, 7) is 7.14. The highest BCUT2D eigenvalue weighted by Crippen LogP contribution is 2.27. The van der Waals surface area contributed by atoms with Gasteiger partial charge >= 0.3 is 0 Å². The zero-order valence-electron chi connectivity index (χ0n) is 12.9. The second kappa shape index (κ2) is 7.78. The molecule has 3 unspecified atom stereocenters. The number of nitrogens with zero attached hydrogens (tertiary/aromatic N) is 1. The molecule has 1 aliphatic heterocycles. The number of rotatable bonds is 3. The molecule has 4 nitrogen and oxygen atoms in total. The highest BCUT2D eigenvalue weighted by atomic mass is 35.5. The van der Waals surface area contributed by atoms with E-state index in [1.165, 1.54) is 5.56 Å². The summed E-state index contributed by atoms with van der Waals surface area (Å²) >= 11 is 0. The van der Waals surface area contributed by atoms with Crippen LogP contribution in [-0.4, -0.2) is 36.0 Å². The van der Waals surface area contributed by atoms with Crippen LogP contribution in [0.2, 0.25) is 0 Å². The highest BCUT2D eigenvalue weighted by molar-refractivity contribution is 5.85. The second-order valence-electron chi connectivity index (χ2n) is 5.76. The van der Waals surface area contributed by atoms with Crippen LogP contribution in [0.15, 0.2) is 24.3 Å². The Balaban J connectivity index is 0.00000220. The molecule has 0 spiro atoms. The van der Waals surface area contributed by atoms with E-state index < -0.39 is 0 Å². The molecule has 0 radical (unpaired) electrons. The van der Waals surface area contributed by atoms with Gasteiger partial charge in [-0.1, -0.05) is 24.3 Å². The Morgan fingerprint density at radius 3 is 2.76 bits per heavy atom. The summed E-state index contributed by atoms with van der Waals surface area (Å²) in [5.41, 5.74) is 8.10. The van der Waals surface area contributed by atoms with Gasteiger partial charge in [-0.3, -0.25) is 4.79 Å². The van der Waals surface area contributed by atoms with E-state index in [0.29, 0.717) is 19.6 Å². The van der Waals surface area contributed by atoms with E-state index in [1.807, 2.05) is 30.9 Å². The molecule has 3 atom stereocenters. The number of hydrogen-bond donors (Lipinski definition) is 1. The van der Waals surface area contributed by atoms with Crippen LogP contribution in [0.1, 0.15) is 37.5 Å². The lowest BCUT2D eigenvalue weighted by atomic mass is 10.0. The molecule has 2 N–H and O–H groups in total. The standard InChI is InChI=1S/C16H24N2O2.ClH/c1-11-6-4-5-7-14(11)15-9-18(13(3)10-20-15)16(19)8-12(2)17;/h4-7,12-13,15H,8-10,17H2,1-3H3;1H. The van der Waals surface area contributed by atoms with Crippen molar-refractivity contribution in [2.24, 2.45) is 5.73 Å². The van der Waals surface area contributed by atoms with Crippen molar-refractivity contribution >= 4 is 18.3 Å². The minimum atomic E-state index is -0.102. The van der Waals surface area contributed by atoms with E-state index in [9.17, 15) is 4.79 Å². The molecular weight excluding hydrogens is 288 g/mol. The molecule has 21 heavy (non-hydrogen) atoms. The summed E-state index contributed by atoms with van der Waals surface area (Å²) in [4.78, 5) is 14.2. The Morgan fingerprint density at radius 2 is 2.14 bits per heavy atom. The number of nitrogens with two attached hydrogens (primary N) is 1.